The summed E-state index contributed by atoms with van der Waals surface area (Å²) < 4.78 is 0. The van der Waals surface area contributed by atoms with Gasteiger partial charge in [0.2, 0.25) is 0 Å². The average molecular weight is 526 g/mol. The molecule has 1 rings (SSSR count). The Balaban J connectivity index is 2.26. The van der Waals surface area contributed by atoms with E-state index in [0.717, 1.165) is 0 Å². The van der Waals surface area contributed by atoms with E-state index in [0.29, 0.717) is 0 Å². The fourth-order valence-corrected chi connectivity index (χ4v) is 6.02. The highest BCUT2D eigenvalue weighted by Gasteiger charge is 2.25. The molecule has 0 heteroatoms. The fraction of sp³-hybridized carbons (Fsp3) is 0.842. The minimum atomic E-state index is 0.224. The predicted octanol–water partition coefficient (Wildman–Crippen LogP) is 13.4. The summed E-state index contributed by atoms with van der Waals surface area (Å²) in [5.74, 6) is 0. The molecule has 0 aliphatic heterocycles. The Hall–Kier alpha value is -0.780. The van der Waals surface area contributed by atoms with E-state index >= 15 is 0 Å². The molecule has 0 saturated heterocycles. The minimum absolute atomic E-state index is 0.224. The van der Waals surface area contributed by atoms with Gasteiger partial charge in [-0.2, -0.15) is 0 Å². The van der Waals surface area contributed by atoms with Gasteiger partial charge in [-0.25, -0.2) is 0 Å². The molecule has 0 bridgehead atoms. The molecule has 1 aromatic carbocycles. The molecule has 0 unspecified atom stereocenters. The molecule has 0 nitrogen and oxygen atoms in total. The monoisotopic (exact) mass is 526 g/mol. The van der Waals surface area contributed by atoms with Crippen molar-refractivity contribution >= 4 is 0 Å². The van der Waals surface area contributed by atoms with Crippen molar-refractivity contribution in [2.24, 2.45) is 0 Å². The third-order valence-corrected chi connectivity index (χ3v) is 9.12. The van der Waals surface area contributed by atoms with Crippen molar-refractivity contribution < 1.29 is 0 Å². The molecule has 1 aromatic rings. The highest BCUT2D eigenvalue weighted by molar-refractivity contribution is 5.32. The van der Waals surface area contributed by atoms with Crippen LogP contribution < -0.4 is 0 Å². The number of benzene rings is 1. The molecule has 0 aliphatic rings. The van der Waals surface area contributed by atoms with Crippen molar-refractivity contribution in [1.29, 1.82) is 0 Å². The maximum Gasteiger partial charge on any atom is -0.00973 e. The normalized spacial score (nSPS) is 12.4. The second-order valence-electron chi connectivity index (χ2n) is 13.8. The van der Waals surface area contributed by atoms with E-state index in [4.69, 9.17) is 0 Å². The zero-order chi connectivity index (χ0) is 28.0. The zero-order valence-corrected chi connectivity index (χ0v) is 27.2. The van der Waals surface area contributed by atoms with Gasteiger partial charge in [-0.15, -0.1) is 0 Å². The van der Waals surface area contributed by atoms with Gasteiger partial charge in [0, 0.05) is 0 Å². The molecule has 0 saturated carbocycles. The van der Waals surface area contributed by atoms with Crippen LogP contribution in [-0.4, -0.2) is 0 Å². The third kappa shape index (κ3) is 17.0. The Morgan fingerprint density at radius 3 is 1.21 bits per heavy atom. The first-order valence-electron chi connectivity index (χ1n) is 17.4. The van der Waals surface area contributed by atoms with E-state index in [1.807, 2.05) is 0 Å². The van der Waals surface area contributed by atoms with Crippen LogP contribution in [0.2, 0.25) is 0 Å². The average Bonchev–Trinajstić information content (AvgIpc) is 2.90. The van der Waals surface area contributed by atoms with Gasteiger partial charge in [-0.05, 0) is 40.9 Å². The zero-order valence-electron chi connectivity index (χ0n) is 27.2. The van der Waals surface area contributed by atoms with Crippen molar-refractivity contribution in [1.82, 2.24) is 0 Å². The summed E-state index contributed by atoms with van der Waals surface area (Å²) in [5.41, 5.74) is 3.43. The van der Waals surface area contributed by atoms with Crippen LogP contribution in [0.3, 0.4) is 0 Å². The van der Waals surface area contributed by atoms with Crippen LogP contribution in [0.15, 0.2) is 18.2 Å². The second kappa shape index (κ2) is 22.0. The van der Waals surface area contributed by atoms with Gasteiger partial charge in [0.25, 0.3) is 0 Å². The molecular weight excluding hydrogens is 456 g/mol. The largest absolute Gasteiger partial charge is 0.0654 e. The standard InChI is InChI=1S/C38H69/c1-7-9-11-13-15-17-19-21-23-25-27-32-37(3,4)35-30-29-31-36(34-35)38(5,6)33-28-26-24-22-20-18-16-14-12-10-8-2/h29-30,34H,7-28,32-33H2,1-6H3. The molecule has 1 radical (unpaired) electrons. The molecule has 0 atom stereocenters. The lowest BCUT2D eigenvalue weighted by molar-refractivity contribution is 0.429. The topological polar surface area (TPSA) is 0 Å². The molecule has 0 aromatic heterocycles. The van der Waals surface area contributed by atoms with E-state index < -0.39 is 0 Å². The highest BCUT2D eigenvalue weighted by atomic mass is 14.3. The maximum atomic E-state index is 3.62. The quantitative estimate of drug-likeness (QED) is 0.105. The van der Waals surface area contributed by atoms with Crippen LogP contribution in [0, 0.1) is 6.07 Å². The summed E-state index contributed by atoms with van der Waals surface area (Å²) in [5, 5.41) is 0. The van der Waals surface area contributed by atoms with Gasteiger partial charge in [0.1, 0.15) is 0 Å². The summed E-state index contributed by atoms with van der Waals surface area (Å²) in [6, 6.07) is 10.7. The van der Waals surface area contributed by atoms with E-state index in [9.17, 15) is 0 Å². The Kier molecular flexibility index (Phi) is 20.4. The fourth-order valence-electron chi connectivity index (χ4n) is 6.02. The van der Waals surface area contributed by atoms with Gasteiger partial charge in [0.05, 0.1) is 0 Å². The summed E-state index contributed by atoms with van der Waals surface area (Å²) in [7, 11) is 0. The predicted molar refractivity (Wildman–Crippen MR) is 173 cm³/mol. The Bertz CT molecular complexity index is 599. The molecule has 38 heavy (non-hydrogen) atoms. The van der Waals surface area contributed by atoms with Crippen LogP contribution in [0.4, 0.5) is 0 Å². The van der Waals surface area contributed by atoms with Crippen molar-refractivity contribution in [3.8, 4) is 0 Å². The molecule has 0 fully saturated rings. The van der Waals surface area contributed by atoms with Crippen molar-refractivity contribution in [3.05, 3.63) is 35.4 Å². The molecule has 0 aliphatic carbocycles. The molecule has 0 spiro atoms. The van der Waals surface area contributed by atoms with Crippen molar-refractivity contribution in [2.75, 3.05) is 0 Å². The first-order valence-corrected chi connectivity index (χ1v) is 17.4. The summed E-state index contributed by atoms with van der Waals surface area (Å²) in [6.07, 6.45) is 33.8. The first kappa shape index (κ1) is 35.2. The van der Waals surface area contributed by atoms with Gasteiger partial charge in [-0.1, -0.05) is 201 Å². The second-order valence-corrected chi connectivity index (χ2v) is 13.8. The SMILES string of the molecule is CCCCCCCCCCCCCC(C)(C)c1[c]ccc(C(C)(C)CCCCCCCCCCCCC)c1. The summed E-state index contributed by atoms with van der Waals surface area (Å²) >= 11 is 0. The van der Waals surface area contributed by atoms with Crippen LogP contribution >= 0.6 is 0 Å². The van der Waals surface area contributed by atoms with Crippen LogP contribution in [0.25, 0.3) is 0 Å². The number of hydrogen-bond acceptors (Lipinski definition) is 0. The van der Waals surface area contributed by atoms with Crippen LogP contribution in [-0.2, 0) is 10.8 Å². The molecule has 0 heterocycles. The smallest absolute Gasteiger partial charge is 0.00973 e. The molecule has 221 valence electrons. The van der Waals surface area contributed by atoms with E-state index in [1.54, 1.807) is 0 Å². The first-order chi connectivity index (χ1) is 18.3. The number of hydrogen-bond donors (Lipinski definition) is 0. The maximum absolute atomic E-state index is 3.62. The van der Waals surface area contributed by atoms with Gasteiger partial charge < -0.3 is 0 Å². The van der Waals surface area contributed by atoms with Crippen molar-refractivity contribution in [2.45, 2.75) is 206 Å². The van der Waals surface area contributed by atoms with Crippen LogP contribution in [0.5, 0.6) is 0 Å². The number of rotatable bonds is 26. The number of unbranched alkanes of at least 4 members (excludes halogenated alkanes) is 20. The van der Waals surface area contributed by atoms with Crippen LogP contribution in [0.1, 0.15) is 207 Å². The Morgan fingerprint density at radius 1 is 0.474 bits per heavy atom. The Labute approximate surface area is 241 Å². The highest BCUT2D eigenvalue weighted by Crippen LogP contribution is 2.35. The Morgan fingerprint density at radius 2 is 0.816 bits per heavy atom. The summed E-state index contributed by atoms with van der Waals surface area (Å²) in [4.78, 5) is 0. The third-order valence-electron chi connectivity index (χ3n) is 9.12. The van der Waals surface area contributed by atoms with E-state index in [-0.39, 0.29) is 10.8 Å². The lowest BCUT2D eigenvalue weighted by atomic mass is 9.75. The van der Waals surface area contributed by atoms with E-state index in [1.165, 1.54) is 165 Å². The molecule has 0 N–H and O–H groups in total. The molecular formula is C38H69. The lowest BCUT2D eigenvalue weighted by Crippen LogP contribution is -2.21. The molecule has 0 amide bonds. The van der Waals surface area contributed by atoms with Crippen molar-refractivity contribution in [3.63, 3.8) is 0 Å². The van der Waals surface area contributed by atoms with Gasteiger partial charge in [-0.3, -0.25) is 0 Å². The lowest BCUT2D eigenvalue weighted by Gasteiger charge is -2.30. The minimum Gasteiger partial charge on any atom is -0.0654 e. The van der Waals surface area contributed by atoms with Gasteiger partial charge in [0.15, 0.2) is 0 Å². The van der Waals surface area contributed by atoms with Gasteiger partial charge >= 0.3 is 0 Å². The van der Waals surface area contributed by atoms with E-state index in [2.05, 4.69) is 65.8 Å². The summed E-state index contributed by atoms with van der Waals surface area (Å²) in [6.45, 7) is 14.4.